The number of nitrogens with zero attached hydrogens (tertiary/aromatic N) is 2. The molecule has 28 heavy (non-hydrogen) atoms. The summed E-state index contributed by atoms with van der Waals surface area (Å²) in [7, 11) is 1.79. The van der Waals surface area contributed by atoms with Crippen molar-refractivity contribution in [2.45, 2.75) is 38.6 Å². The summed E-state index contributed by atoms with van der Waals surface area (Å²) in [5.41, 5.74) is 0.694. The Morgan fingerprint density at radius 3 is 2.46 bits per heavy atom. The Labute approximate surface area is 161 Å². The first kappa shape index (κ1) is 22.2. The molecule has 158 valence electrons. The number of aliphatic carboxylic acids is 1. The van der Waals surface area contributed by atoms with E-state index in [2.05, 4.69) is 11.8 Å². The first-order chi connectivity index (χ1) is 13.1. The van der Waals surface area contributed by atoms with E-state index in [9.17, 15) is 18.0 Å². The highest BCUT2D eigenvalue weighted by Crippen LogP contribution is 2.33. The molecule has 2 aliphatic heterocycles. The maximum Gasteiger partial charge on any atom is 0.490 e. The number of piperidine rings is 1. The molecule has 3 heterocycles. The lowest BCUT2D eigenvalue weighted by molar-refractivity contribution is -0.192. The Kier molecular flexibility index (Phi) is 7.11. The molecule has 0 unspecified atom stereocenters. The van der Waals surface area contributed by atoms with Crippen LogP contribution in [0.4, 0.5) is 13.2 Å². The molecule has 3 rings (SSSR count). The third-order valence-electron chi connectivity index (χ3n) is 5.28. The highest BCUT2D eigenvalue weighted by Gasteiger charge is 2.46. The van der Waals surface area contributed by atoms with E-state index < -0.39 is 12.1 Å². The van der Waals surface area contributed by atoms with Crippen molar-refractivity contribution in [2.24, 2.45) is 5.92 Å². The van der Waals surface area contributed by atoms with E-state index in [1.807, 2.05) is 11.8 Å². The van der Waals surface area contributed by atoms with Crippen LogP contribution in [0.1, 0.15) is 29.5 Å². The Balaban J connectivity index is 0.000000345. The van der Waals surface area contributed by atoms with Crippen molar-refractivity contribution in [1.29, 1.82) is 0 Å². The molecular weight excluding hydrogens is 381 g/mol. The van der Waals surface area contributed by atoms with Gasteiger partial charge in [0.15, 0.2) is 0 Å². The van der Waals surface area contributed by atoms with Crippen LogP contribution in [-0.2, 0) is 9.53 Å². The second-order valence-corrected chi connectivity index (χ2v) is 6.84. The van der Waals surface area contributed by atoms with Gasteiger partial charge in [-0.3, -0.25) is 4.79 Å². The minimum Gasteiger partial charge on any atom is -0.475 e. The average molecular weight is 406 g/mol. The summed E-state index contributed by atoms with van der Waals surface area (Å²) in [6.07, 6.45) is -2.31. The van der Waals surface area contributed by atoms with E-state index in [1.54, 1.807) is 19.4 Å². The lowest BCUT2D eigenvalue weighted by Gasteiger charge is -2.41. The summed E-state index contributed by atoms with van der Waals surface area (Å²) >= 11 is 0. The van der Waals surface area contributed by atoms with Gasteiger partial charge in [0.05, 0.1) is 24.0 Å². The summed E-state index contributed by atoms with van der Waals surface area (Å²) in [6.45, 7) is 7.78. The van der Waals surface area contributed by atoms with Gasteiger partial charge in [-0.25, -0.2) is 4.79 Å². The number of methoxy groups -OCH3 is 1. The molecular formula is C18H25F3N2O5. The zero-order valence-corrected chi connectivity index (χ0v) is 16.0. The predicted octanol–water partition coefficient (Wildman–Crippen LogP) is 2.40. The van der Waals surface area contributed by atoms with Crippen LogP contribution < -0.4 is 0 Å². The normalized spacial score (nSPS) is 25.1. The molecule has 10 heteroatoms. The van der Waals surface area contributed by atoms with Gasteiger partial charge in [0.2, 0.25) is 0 Å². The van der Waals surface area contributed by atoms with Crippen LogP contribution in [0, 0.1) is 12.8 Å². The van der Waals surface area contributed by atoms with E-state index in [-0.39, 0.29) is 18.1 Å². The molecule has 1 aromatic rings. The highest BCUT2D eigenvalue weighted by molar-refractivity contribution is 5.95. The van der Waals surface area contributed by atoms with Gasteiger partial charge in [-0.1, -0.05) is 6.92 Å². The number of furan rings is 1. The molecule has 2 saturated heterocycles. The van der Waals surface area contributed by atoms with Crippen LogP contribution in [0.3, 0.4) is 0 Å². The lowest BCUT2D eigenvalue weighted by Crippen LogP contribution is -2.53. The number of hydrogen-bond acceptors (Lipinski definition) is 5. The maximum atomic E-state index is 12.8. The number of rotatable bonds is 3. The number of likely N-dealkylation sites (N-methyl/N-ethyl adjacent to an activating group) is 1. The van der Waals surface area contributed by atoms with Crippen LogP contribution in [0.2, 0.25) is 0 Å². The molecule has 1 amide bonds. The van der Waals surface area contributed by atoms with Crippen molar-refractivity contribution in [3.63, 3.8) is 0 Å². The molecule has 2 aliphatic rings. The number of likely N-dealkylation sites (tertiary alicyclic amines) is 2. The van der Waals surface area contributed by atoms with Crippen LogP contribution >= 0.6 is 0 Å². The van der Waals surface area contributed by atoms with Crippen molar-refractivity contribution in [1.82, 2.24) is 9.80 Å². The SMILES string of the molecule is CCN1C[C@@H]2[C@@H](OC)CCN(C(=O)c3ccoc3C)[C@@H]2C1.O=C(O)C(F)(F)F. The summed E-state index contributed by atoms with van der Waals surface area (Å²) in [6, 6.07) is 2.03. The average Bonchev–Trinajstić information content (AvgIpc) is 3.26. The summed E-state index contributed by atoms with van der Waals surface area (Å²) < 4.78 is 42.7. The van der Waals surface area contributed by atoms with Crippen LogP contribution in [-0.4, -0.2) is 78.4 Å². The fourth-order valence-electron chi connectivity index (χ4n) is 3.80. The molecule has 3 atom stereocenters. The molecule has 0 saturated carbocycles. The monoisotopic (exact) mass is 406 g/mol. The zero-order valence-electron chi connectivity index (χ0n) is 16.0. The first-order valence-corrected chi connectivity index (χ1v) is 9.00. The van der Waals surface area contributed by atoms with Gasteiger partial charge in [0, 0.05) is 32.7 Å². The van der Waals surface area contributed by atoms with E-state index in [4.69, 9.17) is 19.1 Å². The zero-order chi connectivity index (χ0) is 21.1. The fourth-order valence-corrected chi connectivity index (χ4v) is 3.80. The topological polar surface area (TPSA) is 83.2 Å². The maximum absolute atomic E-state index is 12.8. The highest BCUT2D eigenvalue weighted by atomic mass is 19.4. The number of aryl methyl sites for hydroxylation is 1. The fraction of sp³-hybridized carbons (Fsp3) is 0.667. The summed E-state index contributed by atoms with van der Waals surface area (Å²) in [5, 5.41) is 7.12. The molecule has 0 bridgehead atoms. The number of alkyl halides is 3. The van der Waals surface area contributed by atoms with Crippen molar-refractivity contribution in [3.8, 4) is 0 Å². The summed E-state index contributed by atoms with van der Waals surface area (Å²) in [4.78, 5) is 26.2. The van der Waals surface area contributed by atoms with Gasteiger partial charge in [-0.15, -0.1) is 0 Å². The van der Waals surface area contributed by atoms with E-state index in [0.29, 0.717) is 17.2 Å². The predicted molar refractivity (Wildman–Crippen MR) is 93.0 cm³/mol. The molecule has 0 aromatic carbocycles. The Hall–Kier alpha value is -2.07. The molecule has 2 fully saturated rings. The van der Waals surface area contributed by atoms with Gasteiger partial charge in [0.1, 0.15) is 5.76 Å². The second kappa shape index (κ2) is 8.95. The minimum atomic E-state index is -5.08. The van der Waals surface area contributed by atoms with E-state index in [0.717, 1.165) is 32.6 Å². The van der Waals surface area contributed by atoms with Crippen LogP contribution in [0.25, 0.3) is 0 Å². The lowest BCUT2D eigenvalue weighted by atomic mass is 9.88. The van der Waals surface area contributed by atoms with Gasteiger partial charge < -0.3 is 24.1 Å². The number of amides is 1. The van der Waals surface area contributed by atoms with Crippen LogP contribution in [0.5, 0.6) is 0 Å². The number of halogens is 3. The van der Waals surface area contributed by atoms with E-state index >= 15 is 0 Å². The molecule has 0 aliphatic carbocycles. The standard InChI is InChI=1S/C16H24N2O3.C2HF3O2/c1-4-17-9-13-14(10-17)18(7-5-15(13)20-3)16(19)12-6-8-21-11(12)2;3-2(4,5)1(6)7/h6,8,13-15H,4-5,7,9-10H2,1-3H3;(H,6,7)/t13-,14+,15-;/m0./s1. The second-order valence-electron chi connectivity index (χ2n) is 6.84. The third kappa shape index (κ3) is 4.85. The quantitative estimate of drug-likeness (QED) is 0.830. The Morgan fingerprint density at radius 1 is 1.36 bits per heavy atom. The number of carbonyl (C=O) groups is 2. The Bertz CT molecular complexity index is 691. The first-order valence-electron chi connectivity index (χ1n) is 9.00. The van der Waals surface area contributed by atoms with Gasteiger partial charge in [0.25, 0.3) is 5.91 Å². The van der Waals surface area contributed by atoms with Gasteiger partial charge in [-0.05, 0) is 26.0 Å². The molecule has 1 N–H and O–H groups in total. The largest absolute Gasteiger partial charge is 0.490 e. The van der Waals surface area contributed by atoms with Crippen molar-refractivity contribution < 1.29 is 37.0 Å². The number of fused-ring (bicyclic) bond motifs is 1. The van der Waals surface area contributed by atoms with Crippen molar-refractivity contribution in [2.75, 3.05) is 33.3 Å². The van der Waals surface area contributed by atoms with Gasteiger partial charge >= 0.3 is 12.1 Å². The molecule has 1 aromatic heterocycles. The number of ether oxygens (including phenoxy) is 1. The number of hydrogen-bond donors (Lipinski definition) is 1. The van der Waals surface area contributed by atoms with Crippen molar-refractivity contribution >= 4 is 11.9 Å². The number of carbonyl (C=O) groups excluding carboxylic acids is 1. The van der Waals surface area contributed by atoms with E-state index in [1.165, 1.54) is 0 Å². The van der Waals surface area contributed by atoms with Crippen molar-refractivity contribution in [3.05, 3.63) is 23.7 Å². The number of carboxylic acids is 1. The number of carboxylic acid groups (broad SMARTS) is 1. The molecule has 7 nitrogen and oxygen atoms in total. The molecule has 0 radical (unpaired) electrons. The minimum absolute atomic E-state index is 0.101. The van der Waals surface area contributed by atoms with Gasteiger partial charge in [-0.2, -0.15) is 13.2 Å². The Morgan fingerprint density at radius 2 is 2.00 bits per heavy atom. The molecule has 0 spiro atoms. The van der Waals surface area contributed by atoms with Crippen LogP contribution in [0.15, 0.2) is 16.7 Å². The third-order valence-corrected chi connectivity index (χ3v) is 5.28. The summed E-state index contributed by atoms with van der Waals surface area (Å²) in [5.74, 6) is -1.54. The smallest absolute Gasteiger partial charge is 0.475 e.